The third kappa shape index (κ3) is 5.51. The molecule has 4 rings (SSSR count). The van der Waals surface area contributed by atoms with E-state index in [-0.39, 0.29) is 5.56 Å². The van der Waals surface area contributed by atoms with Crippen LogP contribution in [0, 0.1) is 20.2 Å². The second-order valence-corrected chi connectivity index (χ2v) is 7.36. The number of hydrogen-bond acceptors (Lipinski definition) is 9. The Morgan fingerprint density at radius 1 is 0.750 bits per heavy atom. The Morgan fingerprint density at radius 3 is 2.03 bits per heavy atom. The van der Waals surface area contributed by atoms with Gasteiger partial charge in [0.2, 0.25) is 0 Å². The molecule has 0 spiro atoms. The van der Waals surface area contributed by atoms with Crippen LogP contribution in [0.3, 0.4) is 0 Å². The van der Waals surface area contributed by atoms with E-state index < -0.39 is 33.1 Å². The van der Waals surface area contributed by atoms with E-state index in [1.54, 1.807) is 12.1 Å². The minimum Gasteiger partial charge on any atom is -0.338 e. The molecule has 0 heterocycles. The van der Waals surface area contributed by atoms with Crippen molar-refractivity contribution in [3.8, 4) is 0 Å². The molecule has 36 heavy (non-hydrogen) atoms. The molecule has 0 fully saturated rings. The Hall–Kier alpha value is -5.52. The lowest BCUT2D eigenvalue weighted by molar-refractivity contribution is -0.394. The number of nitrogens with zero attached hydrogens (tertiary/aromatic N) is 4. The van der Waals surface area contributed by atoms with E-state index in [9.17, 15) is 29.8 Å². The molecule has 0 aliphatic heterocycles. The van der Waals surface area contributed by atoms with Crippen molar-refractivity contribution < 1.29 is 24.3 Å². The highest BCUT2D eigenvalue weighted by molar-refractivity contribution is 5.99. The van der Waals surface area contributed by atoms with Crippen molar-refractivity contribution in [1.82, 2.24) is 0 Å². The minimum absolute atomic E-state index is 0.308. The molecule has 1 amide bonds. The molecule has 0 aliphatic rings. The fourth-order valence-electron chi connectivity index (χ4n) is 3.17. The van der Waals surface area contributed by atoms with Gasteiger partial charge in [-0.2, -0.15) is 0 Å². The maximum absolute atomic E-state index is 12.4. The van der Waals surface area contributed by atoms with Gasteiger partial charge in [0.25, 0.3) is 17.3 Å². The average molecular weight is 485 g/mol. The standard InChI is InChI=1S/C24H15N5O7/c30-23(17-6-5-15-3-1-2-4-16(15)11-17)26-25-19-7-9-20(10-8-19)27-36-24(31)18-12-21(28(32)33)14-22(13-18)29(34)35/h1-14,27H. The first kappa shape index (κ1) is 23.6. The molecule has 4 aromatic carbocycles. The first-order valence-electron chi connectivity index (χ1n) is 10.3. The Labute approximate surface area is 202 Å². The van der Waals surface area contributed by atoms with E-state index in [0.717, 1.165) is 29.0 Å². The number of non-ortho nitro benzene ring substituents is 2. The van der Waals surface area contributed by atoms with Crippen LogP contribution in [0.2, 0.25) is 0 Å². The number of benzene rings is 4. The van der Waals surface area contributed by atoms with Crippen LogP contribution in [-0.4, -0.2) is 21.7 Å². The van der Waals surface area contributed by atoms with Crippen LogP contribution < -0.4 is 5.48 Å². The summed E-state index contributed by atoms with van der Waals surface area (Å²) in [6.45, 7) is 0. The van der Waals surface area contributed by atoms with Gasteiger partial charge in [0.1, 0.15) is 0 Å². The summed E-state index contributed by atoms with van der Waals surface area (Å²) in [4.78, 5) is 49.7. The van der Waals surface area contributed by atoms with Crippen molar-refractivity contribution in [2.75, 3.05) is 5.48 Å². The summed E-state index contributed by atoms with van der Waals surface area (Å²) >= 11 is 0. The molecule has 0 saturated carbocycles. The van der Waals surface area contributed by atoms with Crippen molar-refractivity contribution >= 4 is 45.4 Å². The number of nitrogens with one attached hydrogen (secondary N) is 1. The molecule has 0 aromatic heterocycles. The number of fused-ring (bicyclic) bond motifs is 1. The summed E-state index contributed by atoms with van der Waals surface area (Å²) in [5.41, 5.74) is 1.79. The van der Waals surface area contributed by atoms with E-state index in [1.807, 2.05) is 30.3 Å². The molecule has 4 aromatic rings. The number of anilines is 1. The van der Waals surface area contributed by atoms with E-state index >= 15 is 0 Å². The molecule has 0 saturated heterocycles. The van der Waals surface area contributed by atoms with Gasteiger partial charge in [0.05, 0.1) is 32.9 Å². The predicted molar refractivity (Wildman–Crippen MR) is 128 cm³/mol. The lowest BCUT2D eigenvalue weighted by Gasteiger charge is -2.07. The number of carbonyl (C=O) groups is 2. The molecule has 1 N–H and O–H groups in total. The van der Waals surface area contributed by atoms with Gasteiger partial charge in [-0.3, -0.25) is 25.0 Å². The van der Waals surface area contributed by atoms with Gasteiger partial charge in [-0.05, 0) is 47.2 Å². The number of hydrogen-bond donors (Lipinski definition) is 1. The van der Waals surface area contributed by atoms with Crippen LogP contribution in [0.5, 0.6) is 0 Å². The van der Waals surface area contributed by atoms with Gasteiger partial charge >= 0.3 is 5.97 Å². The summed E-state index contributed by atoms with van der Waals surface area (Å²) in [5, 5.41) is 31.5. The molecule has 178 valence electrons. The van der Waals surface area contributed by atoms with Crippen LogP contribution in [0.1, 0.15) is 20.7 Å². The van der Waals surface area contributed by atoms with Gasteiger partial charge in [-0.1, -0.05) is 30.3 Å². The van der Waals surface area contributed by atoms with Crippen molar-refractivity contribution in [3.63, 3.8) is 0 Å². The van der Waals surface area contributed by atoms with Crippen molar-refractivity contribution in [2.24, 2.45) is 10.2 Å². The van der Waals surface area contributed by atoms with Crippen molar-refractivity contribution in [2.45, 2.75) is 0 Å². The number of azo groups is 1. The predicted octanol–water partition coefficient (Wildman–Crippen LogP) is 5.76. The summed E-state index contributed by atoms with van der Waals surface area (Å²) in [7, 11) is 0. The van der Waals surface area contributed by atoms with Crippen molar-refractivity contribution in [3.05, 3.63) is 116 Å². The monoisotopic (exact) mass is 485 g/mol. The lowest BCUT2D eigenvalue weighted by atomic mass is 10.1. The zero-order chi connectivity index (χ0) is 25.7. The average Bonchev–Trinajstić information content (AvgIpc) is 2.90. The molecule has 0 radical (unpaired) electrons. The normalized spacial score (nSPS) is 10.8. The molecule has 0 atom stereocenters. The first-order valence-corrected chi connectivity index (χ1v) is 10.3. The topological polar surface area (TPSA) is 166 Å². The zero-order valence-corrected chi connectivity index (χ0v) is 18.2. The quantitative estimate of drug-likeness (QED) is 0.196. The number of carbonyl (C=O) groups excluding carboxylic acids is 2. The smallest absolute Gasteiger partial charge is 0.338 e. The maximum Gasteiger partial charge on any atom is 0.363 e. The number of nitro benzene ring substituents is 2. The number of amides is 1. The largest absolute Gasteiger partial charge is 0.363 e. The van der Waals surface area contributed by atoms with Crippen LogP contribution in [-0.2, 0) is 4.84 Å². The molecule has 12 nitrogen and oxygen atoms in total. The molecular weight excluding hydrogens is 470 g/mol. The SMILES string of the molecule is O=C(N=Nc1ccc(NOC(=O)c2cc([N+](=O)[O-])cc([N+](=O)[O-])c2)cc1)c1ccc2ccccc2c1. The van der Waals surface area contributed by atoms with Gasteiger partial charge in [0.15, 0.2) is 0 Å². The third-order valence-electron chi connectivity index (χ3n) is 4.94. The number of rotatable bonds is 7. The Kier molecular flexibility index (Phi) is 6.68. The second-order valence-electron chi connectivity index (χ2n) is 7.36. The minimum atomic E-state index is -1.06. The second kappa shape index (κ2) is 10.2. The summed E-state index contributed by atoms with van der Waals surface area (Å²) in [5.74, 6) is -1.57. The van der Waals surface area contributed by atoms with E-state index in [0.29, 0.717) is 16.9 Å². The number of nitro groups is 2. The summed E-state index contributed by atoms with van der Waals surface area (Å²) in [6.07, 6.45) is 0. The fourth-order valence-corrected chi connectivity index (χ4v) is 3.17. The van der Waals surface area contributed by atoms with Crippen molar-refractivity contribution in [1.29, 1.82) is 0 Å². The molecule has 0 unspecified atom stereocenters. The van der Waals surface area contributed by atoms with Gasteiger partial charge in [-0.15, -0.1) is 10.2 Å². The van der Waals surface area contributed by atoms with E-state index in [4.69, 9.17) is 4.84 Å². The van der Waals surface area contributed by atoms with Crippen LogP contribution >= 0.6 is 0 Å². The van der Waals surface area contributed by atoms with E-state index in [2.05, 4.69) is 15.7 Å². The third-order valence-corrected chi connectivity index (χ3v) is 4.94. The highest BCUT2D eigenvalue weighted by Crippen LogP contribution is 2.24. The van der Waals surface area contributed by atoms with Crippen LogP contribution in [0.25, 0.3) is 10.8 Å². The molecule has 0 aliphatic carbocycles. The highest BCUT2D eigenvalue weighted by atomic mass is 16.7. The molecular formula is C24H15N5O7. The van der Waals surface area contributed by atoms with Crippen LogP contribution in [0.4, 0.5) is 22.7 Å². The Morgan fingerprint density at radius 2 is 1.39 bits per heavy atom. The highest BCUT2D eigenvalue weighted by Gasteiger charge is 2.21. The first-order chi connectivity index (χ1) is 17.3. The van der Waals surface area contributed by atoms with E-state index in [1.165, 1.54) is 24.3 Å². The zero-order valence-electron chi connectivity index (χ0n) is 18.2. The fraction of sp³-hybridized carbons (Fsp3) is 0. The Bertz CT molecular complexity index is 1500. The molecule has 12 heteroatoms. The van der Waals surface area contributed by atoms with Crippen LogP contribution in [0.15, 0.2) is 95.2 Å². The lowest BCUT2D eigenvalue weighted by Crippen LogP contribution is -2.11. The summed E-state index contributed by atoms with van der Waals surface area (Å²) in [6, 6.07) is 21.3. The molecule has 0 bridgehead atoms. The van der Waals surface area contributed by atoms with Gasteiger partial charge < -0.3 is 4.84 Å². The summed E-state index contributed by atoms with van der Waals surface area (Å²) < 4.78 is 0. The van der Waals surface area contributed by atoms with Gasteiger partial charge in [-0.25, -0.2) is 10.3 Å². The Balaban J connectivity index is 1.39. The van der Waals surface area contributed by atoms with Gasteiger partial charge in [0, 0.05) is 17.7 Å². The maximum atomic E-state index is 12.4.